The second-order valence-electron chi connectivity index (χ2n) is 3.03. The third kappa shape index (κ3) is 0.879. The van der Waals surface area contributed by atoms with Crippen LogP contribution in [-0.4, -0.2) is 36.7 Å². The third-order valence-corrected chi connectivity index (χ3v) is 2.35. The van der Waals surface area contributed by atoms with Crippen molar-refractivity contribution in [2.24, 2.45) is 0 Å². The number of likely N-dealkylation sites (tertiary alicyclic amines) is 1. The van der Waals surface area contributed by atoms with E-state index in [4.69, 9.17) is 11.3 Å². The van der Waals surface area contributed by atoms with Crippen LogP contribution in [0.4, 0.5) is 0 Å². The molecular weight excluding hydrogens is 126 g/mol. The predicted octanol–water partition coefficient (Wildman–Crippen LogP) is 0.449. The van der Waals surface area contributed by atoms with Gasteiger partial charge in [-0.05, 0) is 6.42 Å². The van der Waals surface area contributed by atoms with Gasteiger partial charge in [-0.15, -0.1) is 0 Å². The van der Waals surface area contributed by atoms with Gasteiger partial charge in [0, 0.05) is 19.1 Å². The first-order chi connectivity index (χ1) is 4.90. The summed E-state index contributed by atoms with van der Waals surface area (Å²) in [5, 5.41) is 0. The number of hydrogen-bond donors (Lipinski definition) is 0. The van der Waals surface area contributed by atoms with Crippen LogP contribution in [0.1, 0.15) is 6.42 Å². The molecule has 0 spiro atoms. The van der Waals surface area contributed by atoms with Gasteiger partial charge in [0.2, 0.25) is 0 Å². The smallest absolute Gasteiger partial charge is 0.0718 e. The van der Waals surface area contributed by atoms with E-state index in [2.05, 4.69) is 4.90 Å². The van der Waals surface area contributed by atoms with Gasteiger partial charge in [-0.25, -0.2) is 0 Å². The van der Waals surface area contributed by atoms with Gasteiger partial charge in [0.1, 0.15) is 0 Å². The molecule has 1 radical (unpaired) electrons. The van der Waals surface area contributed by atoms with Crippen LogP contribution in [0.25, 0.3) is 0 Å². The summed E-state index contributed by atoms with van der Waals surface area (Å²) in [5.74, 6) is 0. The van der Waals surface area contributed by atoms with Crippen LogP contribution in [-0.2, 0) is 4.74 Å². The van der Waals surface area contributed by atoms with E-state index in [1.165, 1.54) is 6.42 Å². The Labute approximate surface area is 61.5 Å². The molecule has 2 bridgehead atoms. The summed E-state index contributed by atoms with van der Waals surface area (Å²) in [5.41, 5.74) is 0. The van der Waals surface area contributed by atoms with Gasteiger partial charge in [0.15, 0.2) is 0 Å². The minimum absolute atomic E-state index is 0.505. The minimum atomic E-state index is 0.505. The molecule has 2 heteroatoms. The third-order valence-electron chi connectivity index (χ3n) is 2.35. The van der Waals surface area contributed by atoms with Gasteiger partial charge in [0.05, 0.1) is 12.7 Å². The second kappa shape index (κ2) is 2.36. The van der Waals surface area contributed by atoms with Crippen LogP contribution in [0.5, 0.6) is 0 Å². The van der Waals surface area contributed by atoms with E-state index in [-0.39, 0.29) is 0 Å². The largest absolute Gasteiger partial charge is 0.375 e. The Kier molecular flexibility index (Phi) is 1.51. The van der Waals surface area contributed by atoms with Gasteiger partial charge >= 0.3 is 0 Å². The Morgan fingerprint density at radius 2 is 2.60 bits per heavy atom. The van der Waals surface area contributed by atoms with Crippen molar-refractivity contribution in [1.29, 1.82) is 0 Å². The van der Waals surface area contributed by atoms with E-state index < -0.39 is 0 Å². The van der Waals surface area contributed by atoms with Crippen molar-refractivity contribution in [1.82, 2.24) is 4.90 Å². The topological polar surface area (TPSA) is 12.5 Å². The molecule has 0 amide bonds. The molecule has 2 rings (SSSR count). The molecule has 2 aliphatic heterocycles. The number of fused-ring (bicyclic) bond motifs is 2. The van der Waals surface area contributed by atoms with Crippen molar-refractivity contribution in [2.45, 2.75) is 18.6 Å². The van der Waals surface area contributed by atoms with Crippen LogP contribution in [0.3, 0.4) is 0 Å². The Balaban J connectivity index is 1.95. The van der Waals surface area contributed by atoms with Crippen molar-refractivity contribution in [3.05, 3.63) is 12.7 Å². The lowest BCUT2D eigenvalue weighted by Crippen LogP contribution is -2.36. The molecule has 10 heavy (non-hydrogen) atoms. The zero-order valence-electron chi connectivity index (χ0n) is 5.99. The lowest BCUT2D eigenvalue weighted by molar-refractivity contribution is 0.0355. The molecule has 0 aromatic carbocycles. The number of hydrogen-bond acceptors (Lipinski definition) is 2. The maximum Gasteiger partial charge on any atom is 0.0718 e. The van der Waals surface area contributed by atoms with E-state index in [0.29, 0.717) is 12.1 Å². The lowest BCUT2D eigenvalue weighted by Gasteiger charge is -2.24. The first-order valence-electron chi connectivity index (χ1n) is 3.79. The molecular formula is C8H12NO. The second-order valence-corrected chi connectivity index (χ2v) is 3.03. The number of ether oxygens (including phenoxy) is 1. The van der Waals surface area contributed by atoms with Crippen molar-refractivity contribution in [2.75, 3.05) is 19.7 Å². The highest BCUT2D eigenvalue weighted by Gasteiger charge is 2.37. The molecule has 0 aliphatic carbocycles. The first-order valence-corrected chi connectivity index (χ1v) is 3.79. The fourth-order valence-corrected chi connectivity index (χ4v) is 1.84. The molecule has 55 valence electrons. The van der Waals surface area contributed by atoms with E-state index >= 15 is 0 Å². The minimum Gasteiger partial charge on any atom is -0.375 e. The molecule has 0 aromatic heterocycles. The van der Waals surface area contributed by atoms with Crippen LogP contribution in [0, 0.1) is 6.58 Å². The SMILES string of the molecule is [CH]=CCN1CC2CC1CO2. The lowest BCUT2D eigenvalue weighted by atomic mass is 10.2. The summed E-state index contributed by atoms with van der Waals surface area (Å²) in [6.07, 6.45) is 3.44. The van der Waals surface area contributed by atoms with Crippen LogP contribution < -0.4 is 0 Å². The number of nitrogens with zero attached hydrogens (tertiary/aromatic N) is 1. The van der Waals surface area contributed by atoms with Gasteiger partial charge < -0.3 is 4.74 Å². The van der Waals surface area contributed by atoms with Crippen LogP contribution in [0.2, 0.25) is 0 Å². The van der Waals surface area contributed by atoms with Crippen LogP contribution >= 0.6 is 0 Å². The molecule has 2 atom stereocenters. The molecule has 0 saturated carbocycles. The fraction of sp³-hybridized carbons (Fsp3) is 0.750. The standard InChI is InChI=1S/C8H12NO/c1-2-3-9-5-8-4-7(9)6-10-8/h1-2,7-8H,3-6H2. The normalized spacial score (nSPS) is 38.8. The molecule has 2 unspecified atom stereocenters. The summed E-state index contributed by atoms with van der Waals surface area (Å²) < 4.78 is 5.43. The summed E-state index contributed by atoms with van der Waals surface area (Å²) >= 11 is 0. The maximum atomic E-state index is 5.43. The van der Waals surface area contributed by atoms with Crippen LogP contribution in [0.15, 0.2) is 6.08 Å². The average Bonchev–Trinajstić information content (AvgIpc) is 2.48. The molecule has 0 aromatic rings. The average molecular weight is 138 g/mol. The predicted molar refractivity (Wildman–Crippen MR) is 38.6 cm³/mol. The van der Waals surface area contributed by atoms with E-state index in [9.17, 15) is 0 Å². The highest BCUT2D eigenvalue weighted by atomic mass is 16.5. The zero-order chi connectivity index (χ0) is 6.97. The summed E-state index contributed by atoms with van der Waals surface area (Å²) in [6, 6.07) is 0.657. The number of rotatable bonds is 2. The van der Waals surface area contributed by atoms with Crippen molar-refractivity contribution >= 4 is 0 Å². The van der Waals surface area contributed by atoms with Gasteiger partial charge in [-0.2, -0.15) is 0 Å². The Bertz CT molecular complexity index is 146. The van der Waals surface area contributed by atoms with Gasteiger partial charge in [-0.1, -0.05) is 12.7 Å². The zero-order valence-corrected chi connectivity index (χ0v) is 5.99. The van der Waals surface area contributed by atoms with Gasteiger partial charge in [0.25, 0.3) is 0 Å². The van der Waals surface area contributed by atoms with Crippen molar-refractivity contribution < 1.29 is 4.74 Å². The Morgan fingerprint density at radius 1 is 1.70 bits per heavy atom. The number of morpholine rings is 1. The summed E-state index contributed by atoms with van der Waals surface area (Å²) in [6.45, 7) is 8.25. The van der Waals surface area contributed by atoms with E-state index in [1.54, 1.807) is 6.08 Å². The molecule has 2 heterocycles. The van der Waals surface area contributed by atoms with E-state index in [1.807, 2.05) is 0 Å². The summed E-state index contributed by atoms with van der Waals surface area (Å²) in [7, 11) is 0. The Hall–Kier alpha value is -0.340. The highest BCUT2D eigenvalue weighted by molar-refractivity contribution is 4.93. The van der Waals surface area contributed by atoms with Crippen molar-refractivity contribution in [3.63, 3.8) is 0 Å². The first kappa shape index (κ1) is 6.38. The van der Waals surface area contributed by atoms with E-state index in [0.717, 1.165) is 19.7 Å². The quantitative estimate of drug-likeness (QED) is 0.549. The highest BCUT2D eigenvalue weighted by Crippen LogP contribution is 2.26. The maximum absolute atomic E-state index is 5.43. The molecule has 2 aliphatic rings. The Morgan fingerprint density at radius 3 is 3.10 bits per heavy atom. The molecule has 2 nitrogen and oxygen atoms in total. The van der Waals surface area contributed by atoms with Crippen molar-refractivity contribution in [3.8, 4) is 0 Å². The molecule has 2 saturated heterocycles. The fourth-order valence-electron chi connectivity index (χ4n) is 1.84. The monoisotopic (exact) mass is 138 g/mol. The van der Waals surface area contributed by atoms with Gasteiger partial charge in [-0.3, -0.25) is 4.90 Å². The molecule has 0 N–H and O–H groups in total. The summed E-state index contributed by atoms with van der Waals surface area (Å²) in [4.78, 5) is 2.38. The molecule has 2 fully saturated rings.